The van der Waals surface area contributed by atoms with Gasteiger partial charge in [0.05, 0.1) is 11.7 Å². The number of carbonyl (C=O) groups excluding carboxylic acids is 1. The summed E-state index contributed by atoms with van der Waals surface area (Å²) in [4.78, 5) is 15.4. The molecule has 1 atom stereocenters. The molecule has 0 saturated carbocycles. The predicted molar refractivity (Wildman–Crippen MR) is 78.6 cm³/mol. The van der Waals surface area contributed by atoms with Crippen molar-refractivity contribution in [3.8, 4) is 0 Å². The van der Waals surface area contributed by atoms with Gasteiger partial charge in [-0.3, -0.25) is 9.78 Å². The Kier molecular flexibility index (Phi) is 5.54. The van der Waals surface area contributed by atoms with Crippen molar-refractivity contribution in [3.05, 3.63) is 24.0 Å². The number of hydrogen-bond acceptors (Lipinski definition) is 5. The van der Waals surface area contributed by atoms with Crippen molar-refractivity contribution < 1.29 is 13.2 Å². The van der Waals surface area contributed by atoms with Crippen molar-refractivity contribution >= 4 is 33.1 Å². The van der Waals surface area contributed by atoms with E-state index in [0.717, 1.165) is 6.20 Å². The van der Waals surface area contributed by atoms with Crippen LogP contribution in [0.1, 0.15) is 19.5 Å². The average Bonchev–Trinajstić information content (AvgIpc) is 2.38. The zero-order valence-electron chi connectivity index (χ0n) is 11.1. The van der Waals surface area contributed by atoms with E-state index in [1.807, 2.05) is 0 Å². The van der Waals surface area contributed by atoms with Crippen LogP contribution >= 0.6 is 12.2 Å². The Morgan fingerprint density at radius 2 is 2.15 bits per heavy atom. The van der Waals surface area contributed by atoms with Crippen LogP contribution in [0.15, 0.2) is 23.2 Å². The summed E-state index contributed by atoms with van der Waals surface area (Å²) in [5, 5.41) is 2.53. The number of thiocarbonyl (C=S) groups is 1. The van der Waals surface area contributed by atoms with Gasteiger partial charge in [0.25, 0.3) is 0 Å². The minimum absolute atomic E-state index is 0.0614. The number of nitrogens with zero attached hydrogens (tertiary/aromatic N) is 1. The number of nitrogens with two attached hydrogens (primary N) is 1. The van der Waals surface area contributed by atoms with Crippen molar-refractivity contribution in [2.75, 3.05) is 6.54 Å². The molecular weight excluding hydrogens is 300 g/mol. The highest BCUT2D eigenvalue weighted by Crippen LogP contribution is 2.08. The molecule has 1 heterocycles. The van der Waals surface area contributed by atoms with Crippen LogP contribution < -0.4 is 15.8 Å². The summed E-state index contributed by atoms with van der Waals surface area (Å²) in [7, 11) is -3.82. The van der Waals surface area contributed by atoms with Crippen molar-refractivity contribution in [1.82, 2.24) is 15.0 Å². The number of rotatable bonds is 6. The van der Waals surface area contributed by atoms with E-state index in [-0.39, 0.29) is 9.88 Å². The number of sulfonamides is 1. The van der Waals surface area contributed by atoms with Crippen LogP contribution in [0, 0.1) is 0 Å². The number of pyridine rings is 1. The Morgan fingerprint density at radius 3 is 2.60 bits per heavy atom. The molecule has 4 N–H and O–H groups in total. The third-order valence-electron chi connectivity index (χ3n) is 2.38. The molecule has 1 aromatic rings. The molecule has 9 heteroatoms. The lowest BCUT2D eigenvalue weighted by atomic mass is 10.3. The number of carbonyl (C=O) groups is 1. The van der Waals surface area contributed by atoms with Gasteiger partial charge in [-0.25, -0.2) is 8.42 Å². The smallest absolute Gasteiger partial charge is 0.242 e. The van der Waals surface area contributed by atoms with Crippen LogP contribution in [-0.4, -0.2) is 36.9 Å². The largest absolute Gasteiger partial charge is 0.388 e. The van der Waals surface area contributed by atoms with Gasteiger partial charge in [0.1, 0.15) is 9.88 Å². The first-order valence-corrected chi connectivity index (χ1v) is 7.73. The Hall–Kier alpha value is -1.58. The van der Waals surface area contributed by atoms with Gasteiger partial charge in [0, 0.05) is 12.7 Å². The summed E-state index contributed by atoms with van der Waals surface area (Å²) in [6, 6.07) is 1.86. The van der Waals surface area contributed by atoms with E-state index in [9.17, 15) is 13.2 Å². The van der Waals surface area contributed by atoms with E-state index < -0.39 is 22.0 Å². The molecule has 1 rings (SSSR count). The molecule has 1 unspecified atom stereocenters. The minimum Gasteiger partial charge on any atom is -0.388 e. The molecule has 0 spiro atoms. The molecule has 0 aliphatic heterocycles. The molecule has 1 aromatic heterocycles. The van der Waals surface area contributed by atoms with Gasteiger partial charge in [-0.05, 0) is 26.0 Å². The second kappa shape index (κ2) is 6.73. The molecule has 0 bridgehead atoms. The number of nitrogens with one attached hydrogen (secondary N) is 2. The SMILES string of the molecule is CCNC(=O)C(C)NS(=O)(=O)c1ccc(C(N)=S)nc1. The highest BCUT2D eigenvalue weighted by molar-refractivity contribution is 7.89. The summed E-state index contributed by atoms with van der Waals surface area (Å²) >= 11 is 4.73. The number of amides is 1. The third-order valence-corrected chi connectivity index (χ3v) is 4.11. The van der Waals surface area contributed by atoms with Crippen LogP contribution in [0.5, 0.6) is 0 Å². The predicted octanol–water partition coefficient (Wildman–Crippen LogP) is -0.481. The first-order chi connectivity index (χ1) is 9.27. The monoisotopic (exact) mass is 316 g/mol. The molecule has 110 valence electrons. The summed E-state index contributed by atoms with van der Waals surface area (Å²) in [5.74, 6) is -0.399. The maximum atomic E-state index is 12.0. The quantitative estimate of drug-likeness (QED) is 0.611. The van der Waals surface area contributed by atoms with Crippen molar-refractivity contribution in [2.45, 2.75) is 24.8 Å². The van der Waals surface area contributed by atoms with E-state index in [0.29, 0.717) is 12.2 Å². The second-order valence-corrected chi connectivity index (χ2v) is 6.13. The second-order valence-electron chi connectivity index (χ2n) is 3.98. The molecule has 0 aliphatic rings. The fourth-order valence-electron chi connectivity index (χ4n) is 1.37. The summed E-state index contributed by atoms with van der Waals surface area (Å²) in [6.45, 7) is 3.63. The Balaban J connectivity index is 2.88. The van der Waals surface area contributed by atoms with Gasteiger partial charge in [-0.2, -0.15) is 4.72 Å². The van der Waals surface area contributed by atoms with Crippen LogP contribution in [0.25, 0.3) is 0 Å². The number of hydrogen-bond donors (Lipinski definition) is 3. The van der Waals surface area contributed by atoms with Gasteiger partial charge in [0.2, 0.25) is 15.9 Å². The Labute approximate surface area is 123 Å². The van der Waals surface area contributed by atoms with E-state index in [2.05, 4.69) is 15.0 Å². The van der Waals surface area contributed by atoms with E-state index in [4.69, 9.17) is 18.0 Å². The zero-order chi connectivity index (χ0) is 15.3. The maximum absolute atomic E-state index is 12.0. The van der Waals surface area contributed by atoms with Crippen LogP contribution in [-0.2, 0) is 14.8 Å². The molecule has 0 aromatic carbocycles. The molecular formula is C11H16N4O3S2. The van der Waals surface area contributed by atoms with E-state index in [1.165, 1.54) is 19.1 Å². The summed E-state index contributed by atoms with van der Waals surface area (Å²) in [5.41, 5.74) is 5.71. The molecule has 1 amide bonds. The Bertz CT molecular complexity index is 599. The average molecular weight is 316 g/mol. The number of likely N-dealkylation sites (N-methyl/N-ethyl adjacent to an activating group) is 1. The van der Waals surface area contributed by atoms with Gasteiger partial charge in [-0.1, -0.05) is 12.2 Å². The summed E-state index contributed by atoms with van der Waals surface area (Å²) < 4.78 is 26.3. The van der Waals surface area contributed by atoms with Crippen LogP contribution in [0.4, 0.5) is 0 Å². The lowest BCUT2D eigenvalue weighted by Crippen LogP contribution is -2.44. The lowest BCUT2D eigenvalue weighted by Gasteiger charge is -2.13. The van der Waals surface area contributed by atoms with Crippen molar-refractivity contribution in [3.63, 3.8) is 0 Å². The highest BCUT2D eigenvalue weighted by Gasteiger charge is 2.21. The fourth-order valence-corrected chi connectivity index (χ4v) is 2.63. The van der Waals surface area contributed by atoms with Gasteiger partial charge < -0.3 is 11.1 Å². The number of aromatic nitrogens is 1. The van der Waals surface area contributed by atoms with E-state index >= 15 is 0 Å². The molecule has 0 radical (unpaired) electrons. The molecule has 7 nitrogen and oxygen atoms in total. The van der Waals surface area contributed by atoms with Gasteiger partial charge >= 0.3 is 0 Å². The third kappa shape index (κ3) is 4.22. The lowest BCUT2D eigenvalue weighted by molar-refractivity contribution is -0.122. The summed E-state index contributed by atoms with van der Waals surface area (Å²) in [6.07, 6.45) is 1.14. The van der Waals surface area contributed by atoms with Crippen molar-refractivity contribution in [2.24, 2.45) is 5.73 Å². The zero-order valence-corrected chi connectivity index (χ0v) is 12.7. The minimum atomic E-state index is -3.82. The van der Waals surface area contributed by atoms with Gasteiger partial charge in [0.15, 0.2) is 0 Å². The first kappa shape index (κ1) is 16.5. The molecule has 0 saturated heterocycles. The maximum Gasteiger partial charge on any atom is 0.242 e. The fraction of sp³-hybridized carbons (Fsp3) is 0.364. The Morgan fingerprint density at radius 1 is 1.50 bits per heavy atom. The topological polar surface area (TPSA) is 114 Å². The van der Waals surface area contributed by atoms with Crippen molar-refractivity contribution in [1.29, 1.82) is 0 Å². The molecule has 20 heavy (non-hydrogen) atoms. The highest BCUT2D eigenvalue weighted by atomic mass is 32.2. The standard InChI is InChI=1S/C11H16N4O3S2/c1-3-13-11(16)7(2)15-20(17,18)8-4-5-9(10(12)19)14-6-8/h4-7,15H,3H2,1-2H3,(H2,12,19)(H,13,16). The molecule has 0 fully saturated rings. The van der Waals surface area contributed by atoms with Crippen LogP contribution in [0.2, 0.25) is 0 Å². The van der Waals surface area contributed by atoms with E-state index in [1.54, 1.807) is 6.92 Å². The van der Waals surface area contributed by atoms with Gasteiger partial charge in [-0.15, -0.1) is 0 Å². The normalized spacial score (nSPS) is 12.7. The first-order valence-electron chi connectivity index (χ1n) is 5.84. The van der Waals surface area contributed by atoms with Crippen LogP contribution in [0.3, 0.4) is 0 Å². The molecule has 0 aliphatic carbocycles.